The van der Waals surface area contributed by atoms with Crippen LogP contribution in [0.5, 0.6) is 0 Å². The minimum Gasteiger partial charge on any atom is -0.370 e. The number of tetrazole rings is 1. The molecule has 1 fully saturated rings. The number of aromatic nitrogens is 4. The Morgan fingerprint density at radius 1 is 1.15 bits per heavy atom. The lowest BCUT2D eigenvalue weighted by molar-refractivity contribution is -0.115. The lowest BCUT2D eigenvalue weighted by Gasteiger charge is -2.22. The Morgan fingerprint density at radius 3 is 2.70 bits per heavy atom. The van der Waals surface area contributed by atoms with Gasteiger partial charge in [-0.3, -0.25) is 4.79 Å². The molecule has 4 rings (SSSR count). The molecule has 0 unspecified atom stereocenters. The molecule has 0 saturated carbocycles. The van der Waals surface area contributed by atoms with Crippen LogP contribution < -0.4 is 10.2 Å². The van der Waals surface area contributed by atoms with E-state index in [-0.39, 0.29) is 12.3 Å². The number of amides is 1. The van der Waals surface area contributed by atoms with Crippen molar-refractivity contribution in [3.8, 4) is 5.69 Å². The van der Waals surface area contributed by atoms with Crippen LogP contribution >= 0.6 is 11.6 Å². The van der Waals surface area contributed by atoms with Crippen LogP contribution in [0.3, 0.4) is 0 Å². The van der Waals surface area contributed by atoms with Gasteiger partial charge in [-0.05, 0) is 53.1 Å². The first-order valence-electron chi connectivity index (χ1n) is 8.86. The molecule has 1 aliphatic heterocycles. The summed E-state index contributed by atoms with van der Waals surface area (Å²) < 4.78 is 1.57. The predicted molar refractivity (Wildman–Crippen MR) is 104 cm³/mol. The fourth-order valence-electron chi connectivity index (χ4n) is 3.29. The van der Waals surface area contributed by atoms with E-state index in [9.17, 15) is 4.79 Å². The maximum atomic E-state index is 12.7. The monoisotopic (exact) mass is 382 g/mol. The molecule has 2 aromatic carbocycles. The van der Waals surface area contributed by atoms with E-state index in [0.29, 0.717) is 5.02 Å². The van der Waals surface area contributed by atoms with Crippen LogP contribution in [0.25, 0.3) is 5.69 Å². The standard InChI is InChI=1S/C19H19ClN6O/c20-16-6-2-1-5-14(16)11-19(27)22-17-12-15(26-13-21-23-24-26)7-8-18(17)25-9-3-4-10-25/h1-2,5-8,12-13H,3-4,9-11H2,(H,22,27). The van der Waals surface area contributed by atoms with Crippen LogP contribution in [0.15, 0.2) is 48.8 Å². The van der Waals surface area contributed by atoms with Crippen molar-refractivity contribution in [2.75, 3.05) is 23.3 Å². The quantitative estimate of drug-likeness (QED) is 0.733. The third-order valence-corrected chi connectivity index (χ3v) is 4.99. The van der Waals surface area contributed by atoms with Crippen LogP contribution in [0.1, 0.15) is 18.4 Å². The maximum Gasteiger partial charge on any atom is 0.228 e. The van der Waals surface area contributed by atoms with E-state index in [2.05, 4.69) is 25.7 Å². The number of carbonyl (C=O) groups excluding carboxylic acids is 1. The smallest absolute Gasteiger partial charge is 0.228 e. The molecule has 0 spiro atoms. The Morgan fingerprint density at radius 2 is 1.96 bits per heavy atom. The molecule has 1 aromatic heterocycles. The highest BCUT2D eigenvalue weighted by Gasteiger charge is 2.18. The van der Waals surface area contributed by atoms with E-state index in [0.717, 1.165) is 48.6 Å². The summed E-state index contributed by atoms with van der Waals surface area (Å²) in [5.74, 6) is -0.114. The van der Waals surface area contributed by atoms with Gasteiger partial charge in [0.25, 0.3) is 0 Å². The first kappa shape index (κ1) is 17.5. The van der Waals surface area contributed by atoms with Crippen LogP contribution in [0, 0.1) is 0 Å². The molecule has 3 aromatic rings. The number of hydrogen-bond donors (Lipinski definition) is 1. The number of hydrogen-bond acceptors (Lipinski definition) is 5. The highest BCUT2D eigenvalue weighted by molar-refractivity contribution is 6.31. The summed E-state index contributed by atoms with van der Waals surface area (Å²) in [7, 11) is 0. The zero-order valence-electron chi connectivity index (χ0n) is 14.7. The highest BCUT2D eigenvalue weighted by Crippen LogP contribution is 2.31. The molecule has 1 aliphatic rings. The fraction of sp³-hybridized carbons (Fsp3) is 0.263. The van der Waals surface area contributed by atoms with Crippen molar-refractivity contribution in [3.63, 3.8) is 0 Å². The van der Waals surface area contributed by atoms with Gasteiger partial charge < -0.3 is 10.2 Å². The Labute approximate surface area is 161 Å². The van der Waals surface area contributed by atoms with E-state index in [1.807, 2.05) is 36.4 Å². The van der Waals surface area contributed by atoms with Crippen molar-refractivity contribution in [3.05, 3.63) is 59.4 Å². The van der Waals surface area contributed by atoms with Gasteiger partial charge in [-0.2, -0.15) is 0 Å². The number of halogens is 1. The third kappa shape index (κ3) is 3.93. The van der Waals surface area contributed by atoms with Gasteiger partial charge in [0.1, 0.15) is 6.33 Å². The molecule has 1 N–H and O–H groups in total. The van der Waals surface area contributed by atoms with E-state index in [1.165, 1.54) is 6.33 Å². The molecule has 1 amide bonds. The summed E-state index contributed by atoms with van der Waals surface area (Å²) >= 11 is 6.19. The largest absolute Gasteiger partial charge is 0.370 e. The summed E-state index contributed by atoms with van der Waals surface area (Å²) in [5.41, 5.74) is 3.35. The van der Waals surface area contributed by atoms with Gasteiger partial charge in [-0.15, -0.1) is 5.10 Å². The maximum absolute atomic E-state index is 12.7. The summed E-state index contributed by atoms with van der Waals surface area (Å²) in [4.78, 5) is 14.9. The molecule has 0 radical (unpaired) electrons. The zero-order chi connectivity index (χ0) is 18.6. The van der Waals surface area contributed by atoms with Crippen LogP contribution in [0.4, 0.5) is 11.4 Å². The van der Waals surface area contributed by atoms with Gasteiger partial charge in [0.2, 0.25) is 5.91 Å². The van der Waals surface area contributed by atoms with E-state index < -0.39 is 0 Å². The molecule has 0 bridgehead atoms. The normalized spacial score (nSPS) is 13.7. The summed E-state index contributed by atoms with van der Waals surface area (Å²) in [6.45, 7) is 1.97. The number of nitrogens with one attached hydrogen (secondary N) is 1. The van der Waals surface area contributed by atoms with E-state index in [1.54, 1.807) is 10.7 Å². The Balaban J connectivity index is 1.61. The minimum atomic E-state index is -0.114. The molecule has 1 saturated heterocycles. The fourth-order valence-corrected chi connectivity index (χ4v) is 3.49. The van der Waals surface area contributed by atoms with Gasteiger partial charge in [0, 0.05) is 18.1 Å². The average molecular weight is 383 g/mol. The SMILES string of the molecule is O=C(Cc1ccccc1Cl)Nc1cc(-n2cnnn2)ccc1N1CCCC1. The first-order chi connectivity index (χ1) is 13.2. The summed E-state index contributed by atoms with van der Waals surface area (Å²) in [5, 5.41) is 14.9. The summed E-state index contributed by atoms with van der Waals surface area (Å²) in [6, 6.07) is 13.2. The second kappa shape index (κ2) is 7.75. The lowest BCUT2D eigenvalue weighted by atomic mass is 10.1. The first-order valence-corrected chi connectivity index (χ1v) is 9.24. The molecular formula is C19H19ClN6O. The van der Waals surface area contributed by atoms with Crippen LogP contribution in [-0.4, -0.2) is 39.2 Å². The van der Waals surface area contributed by atoms with Crippen molar-refractivity contribution in [2.45, 2.75) is 19.3 Å². The topological polar surface area (TPSA) is 75.9 Å². The summed E-state index contributed by atoms with van der Waals surface area (Å²) in [6.07, 6.45) is 4.05. The van der Waals surface area contributed by atoms with Gasteiger partial charge in [-0.25, -0.2) is 4.68 Å². The zero-order valence-corrected chi connectivity index (χ0v) is 15.4. The van der Waals surface area contributed by atoms with Crippen LogP contribution in [-0.2, 0) is 11.2 Å². The molecule has 8 heteroatoms. The Bertz CT molecular complexity index is 937. The van der Waals surface area contributed by atoms with Crippen molar-refractivity contribution >= 4 is 28.9 Å². The van der Waals surface area contributed by atoms with Crippen molar-refractivity contribution in [1.82, 2.24) is 20.2 Å². The molecular weight excluding hydrogens is 364 g/mol. The molecule has 2 heterocycles. The van der Waals surface area contributed by atoms with Crippen molar-refractivity contribution in [2.24, 2.45) is 0 Å². The number of anilines is 2. The molecule has 27 heavy (non-hydrogen) atoms. The number of benzene rings is 2. The van der Waals surface area contributed by atoms with Gasteiger partial charge in [-0.1, -0.05) is 29.8 Å². The minimum absolute atomic E-state index is 0.114. The van der Waals surface area contributed by atoms with Gasteiger partial charge >= 0.3 is 0 Å². The van der Waals surface area contributed by atoms with E-state index >= 15 is 0 Å². The third-order valence-electron chi connectivity index (χ3n) is 4.62. The number of carbonyl (C=O) groups is 1. The highest BCUT2D eigenvalue weighted by atomic mass is 35.5. The van der Waals surface area contributed by atoms with E-state index in [4.69, 9.17) is 11.6 Å². The second-order valence-electron chi connectivity index (χ2n) is 6.47. The number of rotatable bonds is 5. The average Bonchev–Trinajstić information content (AvgIpc) is 3.37. The molecule has 0 atom stereocenters. The molecule has 138 valence electrons. The number of nitrogens with zero attached hydrogens (tertiary/aromatic N) is 5. The Hall–Kier alpha value is -2.93. The predicted octanol–water partition coefficient (Wildman–Crippen LogP) is 3.10. The molecule has 7 nitrogen and oxygen atoms in total. The van der Waals surface area contributed by atoms with Crippen LogP contribution in [0.2, 0.25) is 5.02 Å². The van der Waals surface area contributed by atoms with Gasteiger partial charge in [0.15, 0.2) is 0 Å². The molecule has 0 aliphatic carbocycles. The van der Waals surface area contributed by atoms with Gasteiger partial charge in [0.05, 0.1) is 23.5 Å². The van der Waals surface area contributed by atoms with Crippen molar-refractivity contribution < 1.29 is 4.79 Å². The Kier molecular flexibility index (Phi) is 5.02. The second-order valence-corrected chi connectivity index (χ2v) is 6.87. The lowest BCUT2D eigenvalue weighted by Crippen LogP contribution is -2.22. The van der Waals surface area contributed by atoms with Crippen molar-refractivity contribution in [1.29, 1.82) is 0 Å².